The van der Waals surface area contributed by atoms with Crippen LogP contribution in [-0.4, -0.2) is 46.3 Å². The van der Waals surface area contributed by atoms with E-state index in [9.17, 15) is 19.2 Å². The van der Waals surface area contributed by atoms with Crippen molar-refractivity contribution in [3.8, 4) is 0 Å². The minimum absolute atomic E-state index is 0.0511. The lowest BCUT2D eigenvalue weighted by atomic mass is 10.0. The van der Waals surface area contributed by atoms with Crippen LogP contribution in [0, 0.1) is 5.92 Å². The first-order valence-corrected chi connectivity index (χ1v) is 6.37. The highest BCUT2D eigenvalue weighted by Gasteiger charge is 2.25. The van der Waals surface area contributed by atoms with Gasteiger partial charge in [-0.05, 0) is 12.3 Å². The van der Waals surface area contributed by atoms with Gasteiger partial charge >= 0.3 is 5.97 Å². The van der Waals surface area contributed by atoms with Gasteiger partial charge in [0, 0.05) is 25.1 Å². The first kappa shape index (κ1) is 15.9. The number of carboxylic acid groups (broad SMARTS) is 1. The van der Waals surface area contributed by atoms with Gasteiger partial charge in [-0.2, -0.15) is 0 Å². The van der Waals surface area contributed by atoms with Gasteiger partial charge in [-0.1, -0.05) is 13.8 Å². The van der Waals surface area contributed by atoms with Crippen molar-refractivity contribution >= 4 is 23.7 Å². The zero-order valence-corrected chi connectivity index (χ0v) is 11.5. The lowest BCUT2D eigenvalue weighted by Crippen LogP contribution is -2.43. The highest BCUT2D eigenvalue weighted by molar-refractivity contribution is 6.13. The summed E-state index contributed by atoms with van der Waals surface area (Å²) >= 11 is 0. The van der Waals surface area contributed by atoms with Crippen LogP contribution < -0.4 is 5.32 Å². The van der Waals surface area contributed by atoms with Crippen LogP contribution in [0.4, 0.5) is 0 Å². The molecule has 0 bridgehead atoms. The molecule has 0 saturated carbocycles. The van der Waals surface area contributed by atoms with Crippen LogP contribution in [0.2, 0.25) is 0 Å². The summed E-state index contributed by atoms with van der Waals surface area (Å²) in [6.07, 6.45) is 2.49. The van der Waals surface area contributed by atoms with E-state index >= 15 is 0 Å². The van der Waals surface area contributed by atoms with E-state index in [-0.39, 0.29) is 18.9 Å². The molecule has 0 aliphatic carbocycles. The van der Waals surface area contributed by atoms with E-state index in [0.717, 1.165) is 17.1 Å². The Labute approximate surface area is 116 Å². The van der Waals surface area contributed by atoms with Crippen molar-refractivity contribution in [2.45, 2.75) is 32.7 Å². The molecule has 1 atom stereocenters. The lowest BCUT2D eigenvalue weighted by molar-refractivity contribution is -0.143. The fourth-order valence-electron chi connectivity index (χ4n) is 1.82. The van der Waals surface area contributed by atoms with Crippen LogP contribution >= 0.6 is 0 Å². The topological polar surface area (TPSA) is 104 Å². The number of hydrogen-bond acceptors (Lipinski definition) is 4. The highest BCUT2D eigenvalue weighted by atomic mass is 16.4. The zero-order valence-electron chi connectivity index (χ0n) is 11.5. The molecule has 1 aliphatic rings. The highest BCUT2D eigenvalue weighted by Crippen LogP contribution is 2.07. The maximum absolute atomic E-state index is 11.7. The molecule has 1 heterocycles. The Balaban J connectivity index is 2.44. The third-order valence-corrected chi connectivity index (χ3v) is 2.80. The number of carbonyl (C=O) groups is 4. The molecular formula is C13H18N2O5. The number of imide groups is 1. The molecule has 1 aliphatic heterocycles. The van der Waals surface area contributed by atoms with Crippen molar-refractivity contribution in [1.29, 1.82) is 0 Å². The average molecular weight is 282 g/mol. The molecule has 0 aromatic carbocycles. The molecule has 1 rings (SSSR count). The van der Waals surface area contributed by atoms with Crippen molar-refractivity contribution in [2.24, 2.45) is 5.92 Å². The van der Waals surface area contributed by atoms with Gasteiger partial charge in [0.1, 0.15) is 6.04 Å². The molecule has 0 fully saturated rings. The summed E-state index contributed by atoms with van der Waals surface area (Å²) in [6.45, 7) is 3.66. The third-order valence-electron chi connectivity index (χ3n) is 2.80. The number of carboxylic acids is 1. The van der Waals surface area contributed by atoms with Crippen molar-refractivity contribution in [3.63, 3.8) is 0 Å². The van der Waals surface area contributed by atoms with Crippen molar-refractivity contribution < 1.29 is 24.3 Å². The molecule has 1 unspecified atom stereocenters. The first-order chi connectivity index (χ1) is 9.31. The van der Waals surface area contributed by atoms with Gasteiger partial charge in [-0.15, -0.1) is 0 Å². The number of nitrogens with zero attached hydrogens (tertiary/aromatic N) is 1. The monoisotopic (exact) mass is 282 g/mol. The summed E-state index contributed by atoms with van der Waals surface area (Å²) in [5, 5.41) is 11.4. The van der Waals surface area contributed by atoms with E-state index in [2.05, 4.69) is 5.32 Å². The molecule has 2 N–H and O–H groups in total. The minimum atomic E-state index is -1.10. The van der Waals surface area contributed by atoms with Crippen LogP contribution in [0.1, 0.15) is 26.7 Å². The number of rotatable bonds is 7. The van der Waals surface area contributed by atoms with Crippen LogP contribution in [-0.2, 0) is 19.2 Å². The Morgan fingerprint density at radius 1 is 1.25 bits per heavy atom. The standard InChI is InChI=1S/C13H18N2O5/c1-8(2)7-9(13(19)20)14-10(16)5-6-15-11(17)3-4-12(15)18/h3-4,8-9H,5-7H2,1-2H3,(H,14,16)(H,19,20). The first-order valence-electron chi connectivity index (χ1n) is 6.37. The van der Waals surface area contributed by atoms with Gasteiger partial charge in [0.15, 0.2) is 0 Å². The van der Waals surface area contributed by atoms with Crippen LogP contribution in [0.5, 0.6) is 0 Å². The Morgan fingerprint density at radius 3 is 2.25 bits per heavy atom. The van der Waals surface area contributed by atoms with Gasteiger partial charge in [-0.3, -0.25) is 19.3 Å². The molecule has 0 aromatic heterocycles. The fourth-order valence-corrected chi connectivity index (χ4v) is 1.82. The zero-order chi connectivity index (χ0) is 15.3. The van der Waals surface area contributed by atoms with E-state index in [4.69, 9.17) is 5.11 Å². The quantitative estimate of drug-likeness (QED) is 0.635. The molecule has 0 saturated heterocycles. The number of nitrogens with one attached hydrogen (secondary N) is 1. The second kappa shape index (κ2) is 6.83. The van der Waals surface area contributed by atoms with E-state index in [0.29, 0.717) is 6.42 Å². The summed E-state index contributed by atoms with van der Waals surface area (Å²) in [5.74, 6) is -2.38. The van der Waals surface area contributed by atoms with Crippen LogP contribution in [0.3, 0.4) is 0 Å². The van der Waals surface area contributed by atoms with Crippen LogP contribution in [0.25, 0.3) is 0 Å². The molecule has 0 aromatic rings. The summed E-state index contributed by atoms with van der Waals surface area (Å²) in [7, 11) is 0. The van der Waals surface area contributed by atoms with Crippen molar-refractivity contribution in [2.75, 3.05) is 6.54 Å². The van der Waals surface area contributed by atoms with Gasteiger partial charge in [-0.25, -0.2) is 4.79 Å². The minimum Gasteiger partial charge on any atom is -0.480 e. The summed E-state index contributed by atoms with van der Waals surface area (Å²) < 4.78 is 0. The Bertz CT molecular complexity index is 438. The molecule has 3 amide bonds. The molecule has 0 radical (unpaired) electrons. The van der Waals surface area contributed by atoms with Crippen LogP contribution in [0.15, 0.2) is 12.2 Å². The van der Waals surface area contributed by atoms with E-state index < -0.39 is 29.7 Å². The Kier molecular flexibility index (Phi) is 5.42. The number of amides is 3. The molecule has 7 nitrogen and oxygen atoms in total. The average Bonchev–Trinajstić information content (AvgIpc) is 2.65. The molecule has 7 heteroatoms. The fraction of sp³-hybridized carbons (Fsp3) is 0.538. The molecule has 0 spiro atoms. The van der Waals surface area contributed by atoms with Gasteiger partial charge in [0.2, 0.25) is 5.91 Å². The van der Waals surface area contributed by atoms with E-state index in [1.165, 1.54) is 0 Å². The molecule has 110 valence electrons. The van der Waals surface area contributed by atoms with Crippen molar-refractivity contribution in [1.82, 2.24) is 10.2 Å². The Morgan fingerprint density at radius 2 is 1.80 bits per heavy atom. The molecule has 20 heavy (non-hydrogen) atoms. The van der Waals surface area contributed by atoms with Gasteiger partial charge in [0.25, 0.3) is 11.8 Å². The van der Waals surface area contributed by atoms with Gasteiger partial charge in [0.05, 0.1) is 0 Å². The number of hydrogen-bond donors (Lipinski definition) is 2. The normalized spacial score (nSPS) is 15.8. The van der Waals surface area contributed by atoms with E-state index in [1.807, 2.05) is 13.8 Å². The summed E-state index contributed by atoms with van der Waals surface area (Å²) in [5.41, 5.74) is 0. The van der Waals surface area contributed by atoms with Gasteiger partial charge < -0.3 is 10.4 Å². The second-order valence-corrected chi connectivity index (χ2v) is 5.00. The Hall–Kier alpha value is -2.18. The maximum atomic E-state index is 11.7. The maximum Gasteiger partial charge on any atom is 0.326 e. The van der Waals surface area contributed by atoms with Crippen molar-refractivity contribution in [3.05, 3.63) is 12.2 Å². The predicted molar refractivity (Wildman–Crippen MR) is 69.5 cm³/mol. The third kappa shape index (κ3) is 4.49. The van der Waals surface area contributed by atoms with E-state index in [1.54, 1.807) is 0 Å². The smallest absolute Gasteiger partial charge is 0.326 e. The SMILES string of the molecule is CC(C)CC(NC(=O)CCN1C(=O)C=CC1=O)C(=O)O. The predicted octanol–water partition coefficient (Wildman–Crippen LogP) is -0.0830. The summed E-state index contributed by atoms with van der Waals surface area (Å²) in [6, 6.07) is -0.953. The number of aliphatic carboxylic acids is 1. The summed E-state index contributed by atoms with van der Waals surface area (Å²) in [4.78, 5) is 46.1. The molecular weight excluding hydrogens is 264 g/mol. The number of carbonyl (C=O) groups excluding carboxylic acids is 3. The lowest BCUT2D eigenvalue weighted by Gasteiger charge is -2.18. The largest absolute Gasteiger partial charge is 0.480 e. The second-order valence-electron chi connectivity index (χ2n) is 5.00.